The predicted octanol–water partition coefficient (Wildman–Crippen LogP) is 5.63. The van der Waals surface area contributed by atoms with Gasteiger partial charge in [0.1, 0.15) is 11.8 Å². The summed E-state index contributed by atoms with van der Waals surface area (Å²) in [6.45, 7) is 12.6. The standard InChI is InChI=1S/C34H39BrClN3O5S/c1-5-16-37(22-12-14-23(15-13-22)44-7-3)31(41)26-27-32(42)39(18-9-19-40)30(34(27)20-24(35)29(26)45-34)33(43)38(17-6-2)28-21(4)10-8-11-25(28)36/h5-6,8,10-15,24,26-27,29-30,40H,1-2,7,9,16-20H2,3-4H3/t24?,26-,27-,29-,30?,34?/m0/s1. The van der Waals surface area contributed by atoms with Gasteiger partial charge in [0.05, 0.1) is 33.9 Å². The van der Waals surface area contributed by atoms with Gasteiger partial charge in [0, 0.05) is 42.0 Å². The van der Waals surface area contributed by atoms with Crippen LogP contribution in [0.1, 0.15) is 25.3 Å². The lowest BCUT2D eigenvalue weighted by Crippen LogP contribution is -2.56. The number of aryl methyl sites for hydroxylation is 1. The molecular formula is C34H39BrClN3O5S. The number of likely N-dealkylation sites (tertiary alicyclic amines) is 1. The Morgan fingerprint density at radius 1 is 1.16 bits per heavy atom. The van der Waals surface area contributed by atoms with E-state index in [0.29, 0.717) is 41.6 Å². The number of aliphatic hydroxyl groups excluding tert-OH is 1. The van der Waals surface area contributed by atoms with Gasteiger partial charge in [-0.1, -0.05) is 51.8 Å². The number of benzene rings is 2. The van der Waals surface area contributed by atoms with Crippen molar-refractivity contribution in [2.45, 2.75) is 47.6 Å². The van der Waals surface area contributed by atoms with E-state index >= 15 is 0 Å². The van der Waals surface area contributed by atoms with Gasteiger partial charge in [0.25, 0.3) is 5.91 Å². The van der Waals surface area contributed by atoms with E-state index in [2.05, 4.69) is 29.1 Å². The lowest BCUT2D eigenvalue weighted by atomic mass is 9.70. The number of hydrogen-bond acceptors (Lipinski definition) is 6. The van der Waals surface area contributed by atoms with E-state index in [1.807, 2.05) is 50.2 Å². The number of anilines is 2. The van der Waals surface area contributed by atoms with E-state index in [-0.39, 0.29) is 54.0 Å². The molecule has 3 heterocycles. The Balaban J connectivity index is 1.57. The number of hydrogen-bond donors (Lipinski definition) is 1. The number of nitrogens with zero attached hydrogens (tertiary/aromatic N) is 3. The van der Waals surface area contributed by atoms with Crippen LogP contribution in [-0.4, -0.2) is 81.4 Å². The number of carbonyl (C=O) groups is 3. The van der Waals surface area contributed by atoms with Crippen molar-refractivity contribution in [1.29, 1.82) is 0 Å². The molecule has 11 heteroatoms. The normalized spacial score (nSPS) is 26.5. The monoisotopic (exact) mass is 715 g/mol. The van der Waals surface area contributed by atoms with Crippen LogP contribution >= 0.6 is 39.3 Å². The first-order valence-electron chi connectivity index (χ1n) is 15.2. The van der Waals surface area contributed by atoms with E-state index < -0.39 is 22.6 Å². The molecule has 8 nitrogen and oxygen atoms in total. The summed E-state index contributed by atoms with van der Waals surface area (Å²) in [5, 5.41) is 9.96. The lowest BCUT2D eigenvalue weighted by molar-refractivity contribution is -0.139. The highest BCUT2D eigenvalue weighted by Crippen LogP contribution is 2.68. The zero-order chi connectivity index (χ0) is 32.5. The van der Waals surface area contributed by atoms with Gasteiger partial charge in [-0.15, -0.1) is 24.9 Å². The van der Waals surface area contributed by atoms with Gasteiger partial charge in [-0.05, 0) is 62.6 Å². The molecule has 0 aliphatic carbocycles. The summed E-state index contributed by atoms with van der Waals surface area (Å²) in [6.07, 6.45) is 4.17. The molecule has 3 unspecified atom stereocenters. The van der Waals surface area contributed by atoms with Crippen molar-refractivity contribution in [1.82, 2.24) is 4.90 Å². The van der Waals surface area contributed by atoms with E-state index in [1.165, 1.54) is 0 Å². The molecule has 3 aliphatic rings. The summed E-state index contributed by atoms with van der Waals surface area (Å²) in [7, 11) is 0. The number of alkyl halides is 1. The summed E-state index contributed by atoms with van der Waals surface area (Å²) in [6, 6.07) is 11.9. The van der Waals surface area contributed by atoms with E-state index in [1.54, 1.807) is 44.7 Å². The Hall–Kier alpha value is -2.79. The third-order valence-electron chi connectivity index (χ3n) is 8.94. The molecule has 3 saturated heterocycles. The maximum absolute atomic E-state index is 14.8. The molecule has 3 fully saturated rings. The molecule has 0 saturated carbocycles. The minimum Gasteiger partial charge on any atom is -0.494 e. The van der Waals surface area contributed by atoms with Crippen LogP contribution in [0.4, 0.5) is 11.4 Å². The molecule has 45 heavy (non-hydrogen) atoms. The van der Waals surface area contributed by atoms with Gasteiger partial charge >= 0.3 is 0 Å². The smallest absolute Gasteiger partial charge is 0.251 e. The molecule has 240 valence electrons. The fraction of sp³-hybridized carbons (Fsp3) is 0.441. The first-order valence-corrected chi connectivity index (χ1v) is 17.4. The Labute approximate surface area is 282 Å². The molecule has 2 aromatic carbocycles. The maximum Gasteiger partial charge on any atom is 0.251 e. The number of fused-ring (bicyclic) bond motifs is 1. The third kappa shape index (κ3) is 5.83. The van der Waals surface area contributed by atoms with Crippen LogP contribution in [0.5, 0.6) is 5.75 Å². The second kappa shape index (κ2) is 13.9. The molecular weight excluding hydrogens is 678 g/mol. The summed E-state index contributed by atoms with van der Waals surface area (Å²) < 4.78 is 4.74. The van der Waals surface area contributed by atoms with Crippen LogP contribution in [-0.2, 0) is 14.4 Å². The highest BCUT2D eigenvalue weighted by Gasteiger charge is 2.76. The molecule has 1 N–H and O–H groups in total. The molecule has 0 aromatic heterocycles. The molecule has 0 radical (unpaired) electrons. The van der Waals surface area contributed by atoms with Gasteiger partial charge in [-0.3, -0.25) is 14.4 Å². The Kier molecular flexibility index (Phi) is 10.4. The first-order chi connectivity index (χ1) is 21.6. The molecule has 3 aliphatic heterocycles. The van der Waals surface area contributed by atoms with Gasteiger partial charge in [-0.2, -0.15) is 0 Å². The number of thioether (sulfide) groups is 1. The summed E-state index contributed by atoms with van der Waals surface area (Å²) in [4.78, 5) is 48.7. The SMILES string of the molecule is C=CCN(C(=O)[C@H]1[C@H]2C(=O)N(CCCO)C(C(=O)N(CC=C)c3c(C)cccc3Cl)C23CC(Br)[C@@H]1S3)c1ccc(OCC)cc1. The topological polar surface area (TPSA) is 90.4 Å². The highest BCUT2D eigenvalue weighted by molar-refractivity contribution is 9.09. The average molecular weight is 717 g/mol. The minimum absolute atomic E-state index is 0.0885. The second-order valence-electron chi connectivity index (χ2n) is 11.6. The Bertz CT molecular complexity index is 1450. The molecule has 2 aromatic rings. The van der Waals surface area contributed by atoms with Crippen molar-refractivity contribution in [2.75, 3.05) is 42.6 Å². The van der Waals surface area contributed by atoms with Crippen LogP contribution in [0.25, 0.3) is 0 Å². The largest absolute Gasteiger partial charge is 0.494 e. The van der Waals surface area contributed by atoms with E-state index in [0.717, 1.165) is 5.56 Å². The van der Waals surface area contributed by atoms with Crippen LogP contribution in [0.15, 0.2) is 67.8 Å². The minimum atomic E-state index is -0.858. The van der Waals surface area contributed by atoms with Crippen LogP contribution in [0, 0.1) is 18.8 Å². The number of ether oxygens (including phenoxy) is 1. The molecule has 3 amide bonds. The van der Waals surface area contributed by atoms with Crippen molar-refractivity contribution in [2.24, 2.45) is 11.8 Å². The van der Waals surface area contributed by atoms with Crippen LogP contribution in [0.3, 0.4) is 0 Å². The maximum atomic E-state index is 14.8. The van der Waals surface area contributed by atoms with Crippen molar-refractivity contribution < 1.29 is 24.2 Å². The number of rotatable bonds is 13. The quantitative estimate of drug-likeness (QED) is 0.214. The van der Waals surface area contributed by atoms with Crippen molar-refractivity contribution in [3.8, 4) is 5.75 Å². The van der Waals surface area contributed by atoms with Crippen molar-refractivity contribution in [3.05, 3.63) is 78.4 Å². The fourth-order valence-corrected chi connectivity index (χ4v) is 11.2. The van der Waals surface area contributed by atoms with Gasteiger partial charge in [0.15, 0.2) is 0 Å². The zero-order valence-corrected chi connectivity index (χ0v) is 28.7. The summed E-state index contributed by atoms with van der Waals surface area (Å²) in [5.41, 5.74) is 2.08. The average Bonchev–Trinajstić information content (AvgIpc) is 3.61. The lowest BCUT2D eigenvalue weighted by Gasteiger charge is -2.39. The number of carbonyl (C=O) groups excluding carboxylic acids is 3. The molecule has 1 spiro atoms. The molecule has 5 rings (SSSR count). The number of aliphatic hydroxyl groups is 1. The van der Waals surface area contributed by atoms with Gasteiger partial charge in [0.2, 0.25) is 11.8 Å². The van der Waals surface area contributed by atoms with E-state index in [4.69, 9.17) is 16.3 Å². The summed E-state index contributed by atoms with van der Waals surface area (Å²) >= 11 is 12.1. The second-order valence-corrected chi connectivity index (χ2v) is 14.7. The zero-order valence-electron chi connectivity index (χ0n) is 25.5. The summed E-state index contributed by atoms with van der Waals surface area (Å²) in [5.74, 6) is -1.36. The molecule has 6 atom stereocenters. The number of para-hydroxylation sites is 1. The Morgan fingerprint density at radius 3 is 2.47 bits per heavy atom. The highest BCUT2D eigenvalue weighted by atomic mass is 79.9. The van der Waals surface area contributed by atoms with Crippen LogP contribution in [0.2, 0.25) is 5.02 Å². The number of halogens is 2. The Morgan fingerprint density at radius 2 is 1.84 bits per heavy atom. The predicted molar refractivity (Wildman–Crippen MR) is 185 cm³/mol. The third-order valence-corrected chi connectivity index (χ3v) is 12.5. The van der Waals surface area contributed by atoms with Crippen LogP contribution < -0.4 is 14.5 Å². The first kappa shape index (κ1) is 33.6. The van der Waals surface area contributed by atoms with Gasteiger partial charge < -0.3 is 24.5 Å². The molecule has 2 bridgehead atoms. The van der Waals surface area contributed by atoms with Crippen molar-refractivity contribution in [3.63, 3.8) is 0 Å². The van der Waals surface area contributed by atoms with Crippen molar-refractivity contribution >= 4 is 68.4 Å². The van der Waals surface area contributed by atoms with Gasteiger partial charge in [-0.25, -0.2) is 0 Å². The van der Waals surface area contributed by atoms with E-state index in [9.17, 15) is 19.5 Å². The fourth-order valence-electron chi connectivity index (χ4n) is 7.23. The number of amides is 3.